The Morgan fingerprint density at radius 1 is 1.67 bits per heavy atom. The molecule has 0 aliphatic carbocycles. The fourth-order valence-electron chi connectivity index (χ4n) is 1.60. The number of rotatable bonds is 3. The predicted octanol–water partition coefficient (Wildman–Crippen LogP) is 1.44. The lowest BCUT2D eigenvalue weighted by atomic mass is 10.3. The monoisotopic (exact) mass is 232 g/mol. The fraction of sp³-hybridized carbons (Fsp3) is 0.444. The lowest BCUT2D eigenvalue weighted by Crippen LogP contribution is -2.33. The first-order chi connectivity index (χ1) is 7.18. The van der Waals surface area contributed by atoms with Gasteiger partial charge in [0.05, 0.1) is 13.1 Å². The number of hydrogen-bond donors (Lipinski definition) is 1. The third-order valence-electron chi connectivity index (χ3n) is 2.23. The Morgan fingerprint density at radius 2 is 2.47 bits per heavy atom. The first-order valence-electron chi connectivity index (χ1n) is 4.53. The van der Waals surface area contributed by atoms with E-state index in [1.165, 1.54) is 16.2 Å². The maximum Gasteiger partial charge on any atom is 0.255 e. The van der Waals surface area contributed by atoms with Gasteiger partial charge in [0.25, 0.3) is 6.43 Å². The number of carbonyl (C=O) groups excluding carboxylic acids is 1. The van der Waals surface area contributed by atoms with Gasteiger partial charge in [0, 0.05) is 4.88 Å². The molecule has 1 unspecified atom stereocenters. The Labute approximate surface area is 89.7 Å². The lowest BCUT2D eigenvalue weighted by Gasteiger charge is -2.22. The largest absolute Gasteiger partial charge is 0.315 e. The number of alkyl halides is 2. The zero-order chi connectivity index (χ0) is 10.8. The van der Waals surface area contributed by atoms with Gasteiger partial charge in [0.1, 0.15) is 6.17 Å². The molecule has 0 spiro atoms. The van der Waals surface area contributed by atoms with E-state index in [1.54, 1.807) is 0 Å². The Morgan fingerprint density at radius 3 is 3.07 bits per heavy atom. The van der Waals surface area contributed by atoms with E-state index in [-0.39, 0.29) is 18.6 Å². The van der Waals surface area contributed by atoms with Crippen LogP contribution < -0.4 is 5.32 Å². The first kappa shape index (κ1) is 10.5. The summed E-state index contributed by atoms with van der Waals surface area (Å²) in [6.07, 6.45) is -2.87. The molecule has 1 aliphatic rings. The van der Waals surface area contributed by atoms with Crippen molar-refractivity contribution in [2.75, 3.05) is 13.1 Å². The summed E-state index contributed by atoms with van der Waals surface area (Å²) >= 11 is 1.45. The van der Waals surface area contributed by atoms with Gasteiger partial charge in [-0.2, -0.15) is 0 Å². The van der Waals surface area contributed by atoms with Gasteiger partial charge in [-0.15, -0.1) is 11.3 Å². The molecular formula is C9H10F2N2OS. The van der Waals surface area contributed by atoms with Crippen molar-refractivity contribution in [3.8, 4) is 0 Å². The molecule has 0 radical (unpaired) electrons. The summed E-state index contributed by atoms with van der Waals surface area (Å²) in [5, 5.41) is 4.78. The van der Waals surface area contributed by atoms with Crippen LogP contribution in [0, 0.1) is 0 Å². The van der Waals surface area contributed by atoms with Crippen LogP contribution in [0.5, 0.6) is 0 Å². The maximum atomic E-state index is 12.3. The molecule has 15 heavy (non-hydrogen) atoms. The standard InChI is InChI=1S/C9H10F2N2OS/c10-7(11)5-13-8(14)4-12-9(13)6-2-1-3-15-6/h1-3,7,9,12H,4-5H2. The number of halogens is 2. The average Bonchev–Trinajstić information content (AvgIpc) is 2.76. The van der Waals surface area contributed by atoms with Gasteiger partial charge >= 0.3 is 0 Å². The molecule has 1 aromatic heterocycles. The van der Waals surface area contributed by atoms with Crippen molar-refractivity contribution >= 4 is 17.2 Å². The molecule has 0 bridgehead atoms. The highest BCUT2D eigenvalue weighted by Gasteiger charge is 2.33. The number of carbonyl (C=O) groups is 1. The molecule has 1 atom stereocenters. The first-order valence-corrected chi connectivity index (χ1v) is 5.41. The van der Waals surface area contributed by atoms with Crippen molar-refractivity contribution in [2.45, 2.75) is 12.6 Å². The molecular weight excluding hydrogens is 222 g/mol. The van der Waals surface area contributed by atoms with Crippen LogP contribution in [-0.2, 0) is 4.79 Å². The highest BCUT2D eigenvalue weighted by atomic mass is 32.1. The third kappa shape index (κ3) is 2.15. The summed E-state index contributed by atoms with van der Waals surface area (Å²) in [7, 11) is 0. The smallest absolute Gasteiger partial charge is 0.255 e. The van der Waals surface area contributed by atoms with E-state index in [9.17, 15) is 13.6 Å². The second-order valence-electron chi connectivity index (χ2n) is 3.24. The van der Waals surface area contributed by atoms with Gasteiger partial charge < -0.3 is 4.90 Å². The van der Waals surface area contributed by atoms with Crippen molar-refractivity contribution < 1.29 is 13.6 Å². The Kier molecular flexibility index (Phi) is 2.97. The summed E-state index contributed by atoms with van der Waals surface area (Å²) in [6.45, 7) is -0.371. The normalized spacial score (nSPS) is 21.7. The van der Waals surface area contributed by atoms with Crippen molar-refractivity contribution in [2.24, 2.45) is 0 Å². The van der Waals surface area contributed by atoms with Crippen molar-refractivity contribution in [3.63, 3.8) is 0 Å². The third-order valence-corrected chi connectivity index (χ3v) is 3.15. The summed E-state index contributed by atoms with van der Waals surface area (Å²) in [5.74, 6) is -0.270. The summed E-state index contributed by atoms with van der Waals surface area (Å²) in [5.41, 5.74) is 0. The minimum Gasteiger partial charge on any atom is -0.315 e. The number of nitrogens with one attached hydrogen (secondary N) is 1. The van der Waals surface area contributed by atoms with E-state index >= 15 is 0 Å². The fourth-order valence-corrected chi connectivity index (χ4v) is 2.41. The van der Waals surface area contributed by atoms with Crippen LogP contribution >= 0.6 is 11.3 Å². The number of nitrogens with zero attached hydrogens (tertiary/aromatic N) is 1. The molecule has 1 amide bonds. The van der Waals surface area contributed by atoms with Crippen LogP contribution in [-0.4, -0.2) is 30.3 Å². The van der Waals surface area contributed by atoms with Crippen LogP contribution in [0.2, 0.25) is 0 Å². The molecule has 1 fully saturated rings. The van der Waals surface area contributed by atoms with E-state index < -0.39 is 13.0 Å². The molecule has 2 rings (SSSR count). The van der Waals surface area contributed by atoms with Gasteiger partial charge in [-0.1, -0.05) is 6.07 Å². The van der Waals surface area contributed by atoms with Gasteiger partial charge in [0.2, 0.25) is 5.91 Å². The Bertz CT molecular complexity index is 342. The summed E-state index contributed by atoms with van der Waals surface area (Å²) in [4.78, 5) is 13.4. The van der Waals surface area contributed by atoms with Crippen LogP contribution in [0.1, 0.15) is 11.0 Å². The van der Waals surface area contributed by atoms with Crippen LogP contribution in [0.15, 0.2) is 17.5 Å². The molecule has 3 nitrogen and oxygen atoms in total. The van der Waals surface area contributed by atoms with Gasteiger partial charge in [0.15, 0.2) is 0 Å². The van der Waals surface area contributed by atoms with Crippen LogP contribution in [0.25, 0.3) is 0 Å². The minimum absolute atomic E-state index is 0.134. The molecule has 0 saturated carbocycles. The molecule has 2 heterocycles. The molecule has 1 N–H and O–H groups in total. The second kappa shape index (κ2) is 4.24. The van der Waals surface area contributed by atoms with E-state index in [2.05, 4.69) is 5.32 Å². The number of amides is 1. The number of hydrogen-bond acceptors (Lipinski definition) is 3. The Balaban J connectivity index is 2.14. The van der Waals surface area contributed by atoms with Crippen LogP contribution in [0.4, 0.5) is 8.78 Å². The highest BCUT2D eigenvalue weighted by molar-refractivity contribution is 7.10. The van der Waals surface area contributed by atoms with Crippen molar-refractivity contribution in [1.82, 2.24) is 10.2 Å². The van der Waals surface area contributed by atoms with E-state index in [4.69, 9.17) is 0 Å². The highest BCUT2D eigenvalue weighted by Crippen LogP contribution is 2.26. The minimum atomic E-state index is -2.49. The van der Waals surface area contributed by atoms with E-state index in [0.717, 1.165) is 4.88 Å². The average molecular weight is 232 g/mol. The summed E-state index contributed by atoms with van der Waals surface area (Å²) in [6, 6.07) is 3.67. The second-order valence-corrected chi connectivity index (χ2v) is 4.22. The SMILES string of the molecule is O=C1CNC(c2cccs2)N1CC(F)F. The van der Waals surface area contributed by atoms with Crippen molar-refractivity contribution in [1.29, 1.82) is 0 Å². The Hall–Kier alpha value is -1.01. The zero-order valence-corrected chi connectivity index (χ0v) is 8.64. The van der Waals surface area contributed by atoms with Crippen LogP contribution in [0.3, 0.4) is 0 Å². The molecule has 1 aromatic rings. The van der Waals surface area contributed by atoms with E-state index in [1.807, 2.05) is 17.5 Å². The van der Waals surface area contributed by atoms with Gasteiger partial charge in [-0.25, -0.2) is 8.78 Å². The molecule has 82 valence electrons. The summed E-state index contributed by atoms with van der Waals surface area (Å²) < 4.78 is 24.5. The van der Waals surface area contributed by atoms with Crippen molar-refractivity contribution in [3.05, 3.63) is 22.4 Å². The quantitative estimate of drug-likeness (QED) is 0.855. The molecule has 6 heteroatoms. The van der Waals surface area contributed by atoms with Gasteiger partial charge in [-0.05, 0) is 11.4 Å². The molecule has 0 aromatic carbocycles. The number of thiophene rings is 1. The molecule has 1 saturated heterocycles. The topological polar surface area (TPSA) is 32.3 Å². The molecule has 1 aliphatic heterocycles. The predicted molar refractivity (Wildman–Crippen MR) is 52.8 cm³/mol. The van der Waals surface area contributed by atoms with Gasteiger partial charge in [-0.3, -0.25) is 10.1 Å². The van der Waals surface area contributed by atoms with E-state index in [0.29, 0.717) is 0 Å². The maximum absolute atomic E-state index is 12.3. The zero-order valence-electron chi connectivity index (χ0n) is 7.82. The lowest BCUT2D eigenvalue weighted by molar-refractivity contribution is -0.129.